The average Bonchev–Trinajstić information content (AvgIpc) is 2.72. The number of aromatic nitrogens is 1. The summed E-state index contributed by atoms with van der Waals surface area (Å²) in [6, 6.07) is 0. The molecule has 1 amide bonds. The van der Waals surface area contributed by atoms with Gasteiger partial charge in [-0.15, -0.1) is 0 Å². The summed E-state index contributed by atoms with van der Waals surface area (Å²) in [5.41, 5.74) is 0.972. The van der Waals surface area contributed by atoms with E-state index in [0.717, 1.165) is 0 Å². The molecular weight excluding hydrogens is 312 g/mol. The minimum atomic E-state index is -0.948. The Bertz CT molecular complexity index is 640. The van der Waals surface area contributed by atoms with Crippen molar-refractivity contribution in [2.45, 2.75) is 60.1 Å². The Labute approximate surface area is 142 Å². The number of ether oxygens (including phenoxy) is 2. The molecule has 2 N–H and O–H groups in total. The molecule has 1 rings (SSSR count). The van der Waals surface area contributed by atoms with Gasteiger partial charge in [-0.1, -0.05) is 0 Å². The molecule has 1 heterocycles. The molecule has 0 aliphatic rings. The summed E-state index contributed by atoms with van der Waals surface area (Å²) < 4.78 is 10.2. The highest BCUT2D eigenvalue weighted by Crippen LogP contribution is 2.20. The van der Waals surface area contributed by atoms with Crippen LogP contribution in [0.2, 0.25) is 0 Å². The molecule has 0 aromatic carbocycles. The van der Waals surface area contributed by atoms with E-state index in [0.29, 0.717) is 11.3 Å². The maximum absolute atomic E-state index is 12.4. The van der Waals surface area contributed by atoms with Crippen molar-refractivity contribution < 1.29 is 23.9 Å². The van der Waals surface area contributed by atoms with Gasteiger partial charge in [-0.3, -0.25) is 4.79 Å². The Morgan fingerprint density at radius 1 is 1.17 bits per heavy atom. The number of amides is 1. The first-order chi connectivity index (χ1) is 11.0. The second-order valence-corrected chi connectivity index (χ2v) is 6.63. The zero-order valence-electron chi connectivity index (χ0n) is 15.3. The van der Waals surface area contributed by atoms with Crippen LogP contribution in [-0.2, 0) is 14.3 Å². The van der Waals surface area contributed by atoms with E-state index in [4.69, 9.17) is 9.47 Å². The maximum atomic E-state index is 12.4. The molecule has 1 atom stereocenters. The van der Waals surface area contributed by atoms with Crippen LogP contribution in [0.15, 0.2) is 0 Å². The van der Waals surface area contributed by atoms with Crippen molar-refractivity contribution in [1.29, 1.82) is 0 Å². The van der Waals surface area contributed by atoms with Gasteiger partial charge < -0.3 is 19.8 Å². The molecule has 0 spiro atoms. The molecule has 0 saturated heterocycles. The van der Waals surface area contributed by atoms with Gasteiger partial charge in [-0.25, -0.2) is 9.59 Å². The molecule has 0 unspecified atom stereocenters. The number of hydrogen-bond donors (Lipinski definition) is 2. The van der Waals surface area contributed by atoms with Crippen molar-refractivity contribution in [2.24, 2.45) is 0 Å². The number of esters is 2. The smallest absolute Gasteiger partial charge is 0.355 e. The van der Waals surface area contributed by atoms with Gasteiger partial charge in [-0.05, 0) is 54.0 Å². The first-order valence-electron chi connectivity index (χ1n) is 7.87. The Hall–Kier alpha value is -2.31. The van der Waals surface area contributed by atoms with Crippen LogP contribution in [0.5, 0.6) is 0 Å². The van der Waals surface area contributed by atoms with Crippen LogP contribution in [0.25, 0.3) is 0 Å². The summed E-state index contributed by atoms with van der Waals surface area (Å²) >= 11 is 0. The summed E-state index contributed by atoms with van der Waals surface area (Å²) in [6.07, 6.45) is -0.948. The Morgan fingerprint density at radius 2 is 1.75 bits per heavy atom. The minimum absolute atomic E-state index is 0.216. The molecular formula is C17H26N2O5. The van der Waals surface area contributed by atoms with Crippen LogP contribution < -0.4 is 5.32 Å². The highest BCUT2D eigenvalue weighted by molar-refractivity contribution is 5.99. The largest absolute Gasteiger partial charge is 0.461 e. The molecule has 0 aliphatic heterocycles. The van der Waals surface area contributed by atoms with E-state index in [1.165, 1.54) is 6.92 Å². The van der Waals surface area contributed by atoms with Crippen molar-refractivity contribution in [1.82, 2.24) is 10.3 Å². The fourth-order valence-electron chi connectivity index (χ4n) is 2.21. The standard InChI is InChI=1S/C17H26N2O5/c1-8-23-16(22)13-9(2)12(10(3)18-13)15(21)24-11(4)14(20)19-17(5,6)7/h11,18H,8H2,1-7H3,(H,19,20)/t11-/m0/s1. The lowest BCUT2D eigenvalue weighted by Gasteiger charge is -2.23. The van der Waals surface area contributed by atoms with Crippen LogP contribution in [0.1, 0.15) is 66.7 Å². The molecule has 1 aromatic rings. The number of aryl methyl sites for hydroxylation is 1. The Morgan fingerprint density at radius 3 is 2.25 bits per heavy atom. The third kappa shape index (κ3) is 4.84. The number of carbonyl (C=O) groups is 3. The van der Waals surface area contributed by atoms with Crippen LogP contribution >= 0.6 is 0 Å². The Kier molecular flexibility index (Phi) is 6.17. The first kappa shape index (κ1) is 19.7. The van der Waals surface area contributed by atoms with Crippen LogP contribution in [0.3, 0.4) is 0 Å². The van der Waals surface area contributed by atoms with Crippen molar-refractivity contribution in [3.63, 3.8) is 0 Å². The third-order valence-corrected chi connectivity index (χ3v) is 3.27. The van der Waals surface area contributed by atoms with Crippen LogP contribution in [0, 0.1) is 13.8 Å². The van der Waals surface area contributed by atoms with Gasteiger partial charge in [0.05, 0.1) is 12.2 Å². The molecule has 7 nitrogen and oxygen atoms in total. The van der Waals surface area contributed by atoms with Crippen LogP contribution in [-0.4, -0.2) is 41.1 Å². The van der Waals surface area contributed by atoms with Gasteiger partial charge in [0.25, 0.3) is 5.91 Å². The summed E-state index contributed by atoms with van der Waals surface area (Å²) in [4.78, 5) is 39.1. The summed E-state index contributed by atoms with van der Waals surface area (Å²) in [5.74, 6) is -1.57. The molecule has 0 radical (unpaired) electrons. The normalized spacial score (nSPS) is 12.5. The molecule has 0 saturated carbocycles. The lowest BCUT2D eigenvalue weighted by molar-refractivity contribution is -0.130. The molecule has 0 fully saturated rings. The topological polar surface area (TPSA) is 97.5 Å². The van der Waals surface area contributed by atoms with Crippen molar-refractivity contribution in [3.8, 4) is 0 Å². The quantitative estimate of drug-likeness (QED) is 0.803. The SMILES string of the molecule is CCOC(=O)c1[nH]c(C)c(C(=O)O[C@@H](C)C(=O)NC(C)(C)C)c1C. The number of rotatable bonds is 5. The maximum Gasteiger partial charge on any atom is 0.355 e. The highest BCUT2D eigenvalue weighted by Gasteiger charge is 2.27. The third-order valence-electron chi connectivity index (χ3n) is 3.27. The summed E-state index contributed by atoms with van der Waals surface area (Å²) in [5, 5.41) is 2.75. The molecule has 24 heavy (non-hydrogen) atoms. The number of carbonyl (C=O) groups excluding carboxylic acids is 3. The average molecular weight is 338 g/mol. The first-order valence-corrected chi connectivity index (χ1v) is 7.87. The van der Waals surface area contributed by atoms with E-state index in [9.17, 15) is 14.4 Å². The molecule has 7 heteroatoms. The second-order valence-electron chi connectivity index (χ2n) is 6.63. The van der Waals surface area contributed by atoms with Gasteiger partial charge in [0, 0.05) is 11.2 Å². The number of H-pyrrole nitrogens is 1. The number of nitrogens with one attached hydrogen (secondary N) is 2. The lowest BCUT2D eigenvalue weighted by Crippen LogP contribution is -2.46. The van der Waals surface area contributed by atoms with Gasteiger partial charge in [0.15, 0.2) is 6.10 Å². The van der Waals surface area contributed by atoms with E-state index >= 15 is 0 Å². The minimum Gasteiger partial charge on any atom is -0.461 e. The van der Waals surface area contributed by atoms with Gasteiger partial charge >= 0.3 is 11.9 Å². The summed E-state index contributed by atoms with van der Waals surface area (Å²) in [6.45, 7) is 12.2. The van der Waals surface area contributed by atoms with Gasteiger partial charge in [-0.2, -0.15) is 0 Å². The number of aromatic amines is 1. The zero-order valence-corrected chi connectivity index (χ0v) is 15.3. The van der Waals surface area contributed by atoms with E-state index < -0.39 is 23.6 Å². The summed E-state index contributed by atoms with van der Waals surface area (Å²) in [7, 11) is 0. The van der Waals surface area contributed by atoms with Crippen molar-refractivity contribution >= 4 is 17.8 Å². The van der Waals surface area contributed by atoms with E-state index in [1.54, 1.807) is 20.8 Å². The lowest BCUT2D eigenvalue weighted by atomic mass is 10.1. The molecule has 1 aromatic heterocycles. The predicted octanol–water partition coefficient (Wildman–Crippen LogP) is 2.27. The van der Waals surface area contributed by atoms with E-state index in [1.807, 2.05) is 20.8 Å². The van der Waals surface area contributed by atoms with E-state index in [2.05, 4.69) is 10.3 Å². The van der Waals surface area contributed by atoms with Gasteiger partial charge in [0.2, 0.25) is 0 Å². The predicted molar refractivity (Wildman–Crippen MR) is 89.0 cm³/mol. The fraction of sp³-hybridized carbons (Fsp3) is 0.588. The molecule has 0 aliphatic carbocycles. The molecule has 134 valence electrons. The van der Waals surface area contributed by atoms with Crippen molar-refractivity contribution in [2.75, 3.05) is 6.61 Å². The van der Waals surface area contributed by atoms with Crippen LogP contribution in [0.4, 0.5) is 0 Å². The Balaban J connectivity index is 2.92. The highest BCUT2D eigenvalue weighted by atomic mass is 16.5. The van der Waals surface area contributed by atoms with E-state index in [-0.39, 0.29) is 23.8 Å². The molecule has 0 bridgehead atoms. The second kappa shape index (κ2) is 7.51. The van der Waals surface area contributed by atoms with Crippen molar-refractivity contribution in [3.05, 3.63) is 22.5 Å². The zero-order chi connectivity index (χ0) is 18.7. The fourth-order valence-corrected chi connectivity index (χ4v) is 2.21. The van der Waals surface area contributed by atoms with Gasteiger partial charge in [0.1, 0.15) is 5.69 Å². The number of hydrogen-bond acceptors (Lipinski definition) is 5. The monoisotopic (exact) mass is 338 g/mol.